The zero-order valence-electron chi connectivity index (χ0n) is 17.0. The molecule has 0 spiro atoms. The van der Waals surface area contributed by atoms with Crippen LogP contribution in [0.5, 0.6) is 0 Å². The monoisotopic (exact) mass is 414 g/mol. The Kier molecular flexibility index (Phi) is 3.44. The van der Waals surface area contributed by atoms with Gasteiger partial charge in [-0.15, -0.1) is 11.3 Å². The Labute approximate surface area is 183 Å². The lowest BCUT2D eigenvalue weighted by atomic mass is 9.92. The second-order valence-corrected chi connectivity index (χ2v) is 9.30. The summed E-state index contributed by atoms with van der Waals surface area (Å²) in [6.45, 7) is 2.10. The van der Waals surface area contributed by atoms with Gasteiger partial charge in [0.1, 0.15) is 6.34 Å². The van der Waals surface area contributed by atoms with Gasteiger partial charge in [0.15, 0.2) is 0 Å². The molecule has 146 valence electrons. The molecule has 0 bridgehead atoms. The molecule has 3 heteroatoms. The van der Waals surface area contributed by atoms with E-state index in [0.29, 0.717) is 0 Å². The molecule has 2 heterocycles. The van der Waals surface area contributed by atoms with Crippen molar-refractivity contribution in [3.8, 4) is 0 Å². The number of benzene rings is 5. The molecule has 0 aliphatic carbocycles. The van der Waals surface area contributed by atoms with Crippen LogP contribution < -0.4 is 0 Å². The highest BCUT2D eigenvalue weighted by atomic mass is 32.1. The van der Waals surface area contributed by atoms with Crippen LogP contribution in [0.1, 0.15) is 12.5 Å². The first kappa shape index (κ1) is 17.2. The number of thiophene rings is 1. The Balaban J connectivity index is 1.65. The van der Waals surface area contributed by atoms with Crippen LogP contribution in [-0.2, 0) is 0 Å². The van der Waals surface area contributed by atoms with Gasteiger partial charge in [0.25, 0.3) is 0 Å². The standard InChI is InChI=1S/C28H18N2S/c1-16-28(30-15-29-16)17-10-11-23-25(14-17)31-24-13-12-22-20-8-3-2-6-18(20)19-7-4-5-9-21(19)26(22)27(23)24/h2-16H,1H3. The fourth-order valence-corrected chi connectivity index (χ4v) is 6.26. The van der Waals surface area contributed by atoms with Crippen molar-refractivity contribution in [2.24, 2.45) is 9.98 Å². The van der Waals surface area contributed by atoms with E-state index in [1.807, 2.05) is 11.3 Å². The molecule has 0 amide bonds. The van der Waals surface area contributed by atoms with Crippen LogP contribution in [0.25, 0.3) is 52.5 Å². The number of fused-ring (bicyclic) bond motifs is 10. The molecule has 2 nitrogen and oxygen atoms in total. The molecule has 1 aromatic heterocycles. The molecule has 6 aromatic rings. The van der Waals surface area contributed by atoms with Gasteiger partial charge in [0.2, 0.25) is 0 Å². The van der Waals surface area contributed by atoms with E-state index in [4.69, 9.17) is 0 Å². The highest BCUT2D eigenvalue weighted by molar-refractivity contribution is 7.26. The lowest BCUT2D eigenvalue weighted by molar-refractivity contribution is 1.00. The summed E-state index contributed by atoms with van der Waals surface area (Å²) in [6, 6.07) is 29.1. The first-order valence-corrected chi connectivity index (χ1v) is 11.4. The smallest absolute Gasteiger partial charge is 0.111 e. The third-order valence-corrected chi connectivity index (χ3v) is 7.64. The van der Waals surface area contributed by atoms with Crippen molar-refractivity contribution in [2.75, 3.05) is 0 Å². The average Bonchev–Trinajstić information content (AvgIpc) is 3.41. The minimum Gasteiger partial charge on any atom is -0.264 e. The molecule has 5 aromatic carbocycles. The molecule has 31 heavy (non-hydrogen) atoms. The van der Waals surface area contributed by atoms with E-state index >= 15 is 0 Å². The molecule has 1 aliphatic rings. The van der Waals surface area contributed by atoms with Gasteiger partial charge in [0.05, 0.1) is 11.8 Å². The number of hydrogen-bond acceptors (Lipinski definition) is 3. The number of rotatable bonds is 1. The van der Waals surface area contributed by atoms with Gasteiger partial charge in [0, 0.05) is 20.2 Å². The summed E-state index contributed by atoms with van der Waals surface area (Å²) in [6.07, 6.45) is 1.68. The zero-order valence-corrected chi connectivity index (χ0v) is 17.8. The van der Waals surface area contributed by atoms with Crippen molar-refractivity contribution in [1.82, 2.24) is 0 Å². The quantitative estimate of drug-likeness (QED) is 0.246. The van der Waals surface area contributed by atoms with Crippen LogP contribution >= 0.6 is 11.3 Å². The van der Waals surface area contributed by atoms with Gasteiger partial charge in [-0.05, 0) is 56.9 Å². The Bertz CT molecular complexity index is 1720. The van der Waals surface area contributed by atoms with E-state index in [2.05, 4.69) is 95.8 Å². The van der Waals surface area contributed by atoms with Crippen molar-refractivity contribution in [3.63, 3.8) is 0 Å². The normalized spacial score (nSPS) is 16.3. The van der Waals surface area contributed by atoms with Crippen LogP contribution in [0.3, 0.4) is 0 Å². The summed E-state index contributed by atoms with van der Waals surface area (Å²) in [5.41, 5.74) is 2.23. The molecular formula is C28H18N2S. The van der Waals surface area contributed by atoms with Gasteiger partial charge in [-0.2, -0.15) is 0 Å². The van der Waals surface area contributed by atoms with Crippen LogP contribution in [0.15, 0.2) is 88.8 Å². The van der Waals surface area contributed by atoms with E-state index in [1.165, 1.54) is 58.1 Å². The third-order valence-electron chi connectivity index (χ3n) is 6.52. The van der Waals surface area contributed by atoms with E-state index in [-0.39, 0.29) is 6.04 Å². The van der Waals surface area contributed by atoms with Crippen LogP contribution in [0, 0.1) is 0 Å². The number of aliphatic imine (C=N–C) groups is 2. The predicted octanol–water partition coefficient (Wildman–Crippen LogP) is 7.73. The first-order chi connectivity index (χ1) is 15.3. The molecule has 1 atom stereocenters. The Morgan fingerprint density at radius 3 is 2.00 bits per heavy atom. The second kappa shape index (κ2) is 6.22. The van der Waals surface area contributed by atoms with E-state index in [9.17, 15) is 0 Å². The molecule has 0 radical (unpaired) electrons. The Hall–Kier alpha value is -3.56. The molecule has 0 saturated carbocycles. The predicted molar refractivity (Wildman–Crippen MR) is 136 cm³/mol. The first-order valence-electron chi connectivity index (χ1n) is 10.6. The Morgan fingerprint density at radius 2 is 1.29 bits per heavy atom. The molecule has 0 saturated heterocycles. The molecule has 1 unspecified atom stereocenters. The summed E-state index contributed by atoms with van der Waals surface area (Å²) in [4.78, 5) is 8.90. The van der Waals surface area contributed by atoms with Crippen molar-refractivity contribution < 1.29 is 0 Å². The average molecular weight is 415 g/mol. The van der Waals surface area contributed by atoms with Gasteiger partial charge in [-0.3, -0.25) is 4.99 Å². The van der Waals surface area contributed by atoms with E-state index in [0.717, 1.165) is 5.71 Å². The largest absolute Gasteiger partial charge is 0.264 e. The van der Waals surface area contributed by atoms with Crippen molar-refractivity contribution in [2.45, 2.75) is 13.0 Å². The molecule has 0 N–H and O–H groups in total. The fourth-order valence-electron chi connectivity index (χ4n) is 5.11. The lowest BCUT2D eigenvalue weighted by Crippen LogP contribution is -2.11. The summed E-state index contributed by atoms with van der Waals surface area (Å²) >= 11 is 1.87. The summed E-state index contributed by atoms with van der Waals surface area (Å²) < 4.78 is 2.64. The topological polar surface area (TPSA) is 24.7 Å². The fraction of sp³-hybridized carbons (Fsp3) is 0.0714. The molecule has 7 rings (SSSR count). The van der Waals surface area contributed by atoms with Crippen molar-refractivity contribution >= 4 is 75.9 Å². The van der Waals surface area contributed by atoms with Crippen LogP contribution in [-0.4, -0.2) is 18.1 Å². The SMILES string of the molecule is CC1N=CN=C1c1ccc2c(c1)sc1ccc3c4ccccc4c4ccccc4c3c12. The maximum Gasteiger partial charge on any atom is 0.111 e. The van der Waals surface area contributed by atoms with Gasteiger partial charge in [-0.1, -0.05) is 66.7 Å². The second-order valence-electron chi connectivity index (χ2n) is 8.22. The number of hydrogen-bond donors (Lipinski definition) is 0. The van der Waals surface area contributed by atoms with E-state index < -0.39 is 0 Å². The summed E-state index contributed by atoms with van der Waals surface area (Å²) in [5, 5.41) is 10.7. The lowest BCUT2D eigenvalue weighted by Gasteiger charge is -2.11. The van der Waals surface area contributed by atoms with Gasteiger partial charge in [-0.25, -0.2) is 4.99 Å². The maximum atomic E-state index is 4.50. The molecule has 0 fully saturated rings. The minimum absolute atomic E-state index is 0.128. The summed E-state index contributed by atoms with van der Waals surface area (Å²) in [5.74, 6) is 0. The van der Waals surface area contributed by atoms with Crippen molar-refractivity contribution in [1.29, 1.82) is 0 Å². The minimum atomic E-state index is 0.128. The van der Waals surface area contributed by atoms with E-state index in [1.54, 1.807) is 6.34 Å². The zero-order chi connectivity index (χ0) is 20.5. The molecule has 1 aliphatic heterocycles. The van der Waals surface area contributed by atoms with Gasteiger partial charge >= 0.3 is 0 Å². The van der Waals surface area contributed by atoms with Crippen molar-refractivity contribution in [3.05, 3.63) is 84.4 Å². The molecular weight excluding hydrogens is 396 g/mol. The highest BCUT2D eigenvalue weighted by Gasteiger charge is 2.18. The highest BCUT2D eigenvalue weighted by Crippen LogP contribution is 2.44. The van der Waals surface area contributed by atoms with Gasteiger partial charge < -0.3 is 0 Å². The maximum absolute atomic E-state index is 4.50. The summed E-state index contributed by atoms with van der Waals surface area (Å²) in [7, 11) is 0. The Morgan fingerprint density at radius 1 is 0.645 bits per heavy atom. The number of nitrogens with zero attached hydrogens (tertiary/aromatic N) is 2. The third kappa shape index (κ3) is 2.32. The van der Waals surface area contributed by atoms with Crippen LogP contribution in [0.2, 0.25) is 0 Å². The van der Waals surface area contributed by atoms with Crippen LogP contribution in [0.4, 0.5) is 0 Å².